The smallest absolute Gasteiger partial charge is 0.402 e. The molecule has 22 heavy (non-hydrogen) atoms. The molecule has 0 heterocycles. The molecule has 0 aromatic heterocycles. The van der Waals surface area contributed by atoms with Gasteiger partial charge in [-0.15, -0.1) is 0 Å². The van der Waals surface area contributed by atoms with Gasteiger partial charge >= 0.3 is 27.3 Å². The number of benzene rings is 1. The van der Waals surface area contributed by atoms with Gasteiger partial charge in [0, 0.05) is 6.08 Å². The lowest BCUT2D eigenvalue weighted by Gasteiger charge is -2.14. The van der Waals surface area contributed by atoms with E-state index < -0.39 is 33.9 Å². The van der Waals surface area contributed by atoms with Crippen molar-refractivity contribution < 1.29 is 40.8 Å². The quantitative estimate of drug-likeness (QED) is 0.362. The summed E-state index contributed by atoms with van der Waals surface area (Å²) in [6, 6.07) is 5.04. The van der Waals surface area contributed by atoms with E-state index in [1.54, 1.807) is 0 Å². The van der Waals surface area contributed by atoms with Crippen LogP contribution in [0.15, 0.2) is 36.9 Å². The molecule has 0 unspecified atom stereocenters. The summed E-state index contributed by atoms with van der Waals surface area (Å²) >= 11 is 0. The fraction of sp³-hybridized carbons (Fsp3) is 0.167. The zero-order chi connectivity index (χ0) is 17.0. The molecule has 10 heteroatoms. The third-order valence-electron chi connectivity index (χ3n) is 2.23. The molecule has 0 fully saturated rings. The molecule has 0 saturated carbocycles. The molecule has 1 aromatic rings. The Morgan fingerprint density at radius 2 is 1.91 bits per heavy atom. The molecule has 1 N–H and O–H groups in total. The largest absolute Gasteiger partial charge is 0.454 e. The van der Waals surface area contributed by atoms with E-state index in [-0.39, 0.29) is 11.3 Å². The lowest BCUT2D eigenvalue weighted by Crippen LogP contribution is -2.34. The Morgan fingerprint density at radius 1 is 1.32 bits per heavy atom. The van der Waals surface area contributed by atoms with Gasteiger partial charge in [0.15, 0.2) is 6.61 Å². The number of rotatable bonds is 6. The van der Waals surface area contributed by atoms with E-state index >= 15 is 0 Å². The van der Waals surface area contributed by atoms with Gasteiger partial charge < -0.3 is 9.47 Å². The Labute approximate surface area is 123 Å². The number of carbonyl (C=O) groups excluding carboxylic acids is 2. The lowest BCUT2D eigenvalue weighted by molar-refractivity contribution is -0.128. The normalized spacial score (nSPS) is 11.6. The number of para-hydroxylation sites is 1. The molecule has 0 saturated heterocycles. The minimum atomic E-state index is -5.72. The molecule has 0 amide bonds. The first kappa shape index (κ1) is 17.7. The fourth-order valence-electron chi connectivity index (χ4n) is 1.18. The second-order valence-corrected chi connectivity index (χ2v) is 5.36. The van der Waals surface area contributed by atoms with Crippen LogP contribution in [0.5, 0.6) is 5.75 Å². The molecule has 1 rings (SSSR count). The predicted molar refractivity (Wildman–Crippen MR) is 69.1 cm³/mol. The van der Waals surface area contributed by atoms with Crippen LogP contribution in [0.4, 0.5) is 8.78 Å². The summed E-state index contributed by atoms with van der Waals surface area (Å²) in [5, 5.41) is -4.66. The summed E-state index contributed by atoms with van der Waals surface area (Å²) in [6.45, 7) is 1.25. The fourth-order valence-corrected chi connectivity index (χ4v) is 1.38. The molecule has 0 aliphatic carbocycles. The number of hydrogen-bond donors (Lipinski definition) is 1. The first-order valence-corrected chi connectivity index (χ1v) is 6.98. The van der Waals surface area contributed by atoms with Crippen molar-refractivity contribution in [3.05, 3.63) is 42.5 Å². The molecule has 0 radical (unpaired) electrons. The Hall–Kier alpha value is -2.33. The molecular formula is C12H10F2O7S. The van der Waals surface area contributed by atoms with Crippen LogP contribution in [0.2, 0.25) is 0 Å². The number of ether oxygens (including phenoxy) is 2. The monoisotopic (exact) mass is 336 g/mol. The van der Waals surface area contributed by atoms with Crippen molar-refractivity contribution >= 4 is 22.1 Å². The lowest BCUT2D eigenvalue weighted by atomic mass is 10.2. The third kappa shape index (κ3) is 4.33. The maximum atomic E-state index is 13.0. The SMILES string of the molecule is C=CC(=O)Oc1ccccc1C(=O)OCC(F)(F)S(=O)(=O)O. The van der Waals surface area contributed by atoms with E-state index in [1.165, 1.54) is 18.2 Å². The minimum absolute atomic E-state index is 0.285. The molecule has 0 aliphatic heterocycles. The van der Waals surface area contributed by atoms with Gasteiger partial charge in [-0.2, -0.15) is 17.2 Å². The highest BCUT2D eigenvalue weighted by atomic mass is 32.2. The van der Waals surface area contributed by atoms with Crippen molar-refractivity contribution in [2.45, 2.75) is 5.25 Å². The van der Waals surface area contributed by atoms with Crippen molar-refractivity contribution in [3.8, 4) is 5.75 Å². The highest BCUT2D eigenvalue weighted by Gasteiger charge is 2.45. The van der Waals surface area contributed by atoms with Crippen molar-refractivity contribution in [2.75, 3.05) is 6.61 Å². The zero-order valence-electron chi connectivity index (χ0n) is 10.9. The summed E-state index contributed by atoms with van der Waals surface area (Å²) in [7, 11) is -5.72. The average molecular weight is 336 g/mol. The molecule has 7 nitrogen and oxygen atoms in total. The van der Waals surface area contributed by atoms with Gasteiger partial charge in [0.25, 0.3) is 0 Å². The van der Waals surface area contributed by atoms with E-state index in [2.05, 4.69) is 11.3 Å². The number of halogens is 2. The summed E-state index contributed by atoms with van der Waals surface area (Å²) in [5.41, 5.74) is -0.385. The van der Waals surface area contributed by atoms with Crippen molar-refractivity contribution in [3.63, 3.8) is 0 Å². The first-order valence-electron chi connectivity index (χ1n) is 5.54. The Bertz CT molecular complexity index is 697. The number of alkyl halides is 2. The standard InChI is InChI=1S/C12H10F2O7S/c1-2-10(15)21-9-6-4-3-5-8(9)11(16)20-7-12(13,14)22(17,18)19/h2-6H,1,7H2,(H,17,18,19). The van der Waals surface area contributed by atoms with Crippen LogP contribution in [0.1, 0.15) is 10.4 Å². The van der Waals surface area contributed by atoms with Gasteiger partial charge in [-0.25, -0.2) is 9.59 Å². The highest BCUT2D eigenvalue weighted by Crippen LogP contribution is 2.23. The van der Waals surface area contributed by atoms with Crippen molar-refractivity contribution in [1.29, 1.82) is 0 Å². The third-order valence-corrected chi connectivity index (χ3v) is 3.11. The summed E-state index contributed by atoms with van der Waals surface area (Å²) in [5.74, 6) is -2.55. The van der Waals surface area contributed by atoms with Gasteiger partial charge in [0.05, 0.1) is 0 Å². The van der Waals surface area contributed by atoms with E-state index in [0.717, 1.165) is 12.1 Å². The number of carbonyl (C=O) groups is 2. The van der Waals surface area contributed by atoms with E-state index in [1.807, 2.05) is 0 Å². The molecular weight excluding hydrogens is 326 g/mol. The Balaban J connectivity index is 2.91. The topological polar surface area (TPSA) is 107 Å². The van der Waals surface area contributed by atoms with Gasteiger partial charge in [-0.05, 0) is 12.1 Å². The molecule has 0 atom stereocenters. The van der Waals surface area contributed by atoms with E-state index in [4.69, 9.17) is 9.29 Å². The minimum Gasteiger partial charge on any atom is -0.454 e. The van der Waals surface area contributed by atoms with Crippen LogP contribution in [0.25, 0.3) is 0 Å². The van der Waals surface area contributed by atoms with Gasteiger partial charge in [-0.1, -0.05) is 18.7 Å². The van der Waals surface area contributed by atoms with E-state index in [9.17, 15) is 26.8 Å². The second-order valence-electron chi connectivity index (χ2n) is 3.81. The van der Waals surface area contributed by atoms with Crippen molar-refractivity contribution in [2.24, 2.45) is 0 Å². The maximum Gasteiger partial charge on any atom is 0.402 e. The number of hydrogen-bond acceptors (Lipinski definition) is 6. The van der Waals surface area contributed by atoms with Crippen LogP contribution < -0.4 is 4.74 Å². The Kier molecular flexibility index (Phi) is 5.33. The van der Waals surface area contributed by atoms with Crippen LogP contribution in [-0.2, 0) is 19.6 Å². The molecule has 120 valence electrons. The van der Waals surface area contributed by atoms with E-state index in [0.29, 0.717) is 0 Å². The van der Waals surface area contributed by atoms with Crippen LogP contribution in [-0.4, -0.2) is 36.8 Å². The second kappa shape index (κ2) is 6.62. The summed E-state index contributed by atoms with van der Waals surface area (Å²) in [4.78, 5) is 22.7. The highest BCUT2D eigenvalue weighted by molar-refractivity contribution is 7.86. The van der Waals surface area contributed by atoms with Crippen LogP contribution >= 0.6 is 0 Å². The predicted octanol–water partition coefficient (Wildman–Crippen LogP) is 1.42. The molecule has 0 spiro atoms. The summed E-state index contributed by atoms with van der Waals surface area (Å²) in [6.07, 6.45) is 0.814. The van der Waals surface area contributed by atoms with Gasteiger partial charge in [-0.3, -0.25) is 4.55 Å². The molecule has 0 bridgehead atoms. The zero-order valence-corrected chi connectivity index (χ0v) is 11.7. The van der Waals surface area contributed by atoms with Crippen LogP contribution in [0, 0.1) is 0 Å². The van der Waals surface area contributed by atoms with Gasteiger partial charge in [0.1, 0.15) is 11.3 Å². The maximum absolute atomic E-state index is 13.0. The summed E-state index contributed by atoms with van der Waals surface area (Å²) < 4.78 is 63.8. The number of esters is 2. The molecule has 1 aromatic carbocycles. The van der Waals surface area contributed by atoms with Crippen LogP contribution in [0.3, 0.4) is 0 Å². The Morgan fingerprint density at radius 3 is 2.45 bits per heavy atom. The first-order chi connectivity index (χ1) is 10.1. The van der Waals surface area contributed by atoms with Crippen molar-refractivity contribution in [1.82, 2.24) is 0 Å². The molecule has 0 aliphatic rings. The van der Waals surface area contributed by atoms with Gasteiger partial charge in [0.2, 0.25) is 0 Å². The average Bonchev–Trinajstić information content (AvgIpc) is 2.44.